The zero-order chi connectivity index (χ0) is 14.2. The molecule has 0 saturated heterocycles. The molecule has 1 aliphatic carbocycles. The summed E-state index contributed by atoms with van der Waals surface area (Å²) in [5.41, 5.74) is -0.353. The van der Waals surface area contributed by atoms with Gasteiger partial charge in [-0.1, -0.05) is 12.8 Å². The Hall–Kier alpha value is -1.43. The second-order valence-electron chi connectivity index (χ2n) is 4.94. The fourth-order valence-electron chi connectivity index (χ4n) is 1.94. The van der Waals surface area contributed by atoms with E-state index in [1.165, 1.54) is 6.92 Å². The Morgan fingerprint density at radius 2 is 2.05 bits per heavy atom. The minimum absolute atomic E-state index is 0.0132. The smallest absolute Gasteiger partial charge is 0.335 e. The molecule has 1 saturated carbocycles. The molecule has 1 fully saturated rings. The molecule has 2 rings (SSSR count). The minimum Gasteiger partial charge on any atom is -0.478 e. The van der Waals surface area contributed by atoms with Crippen molar-refractivity contribution in [2.24, 2.45) is 5.92 Å². The van der Waals surface area contributed by atoms with Gasteiger partial charge in [-0.3, -0.25) is 0 Å². The van der Waals surface area contributed by atoms with Crippen LogP contribution in [0.25, 0.3) is 0 Å². The lowest BCUT2D eigenvalue weighted by Crippen LogP contribution is -2.12. The van der Waals surface area contributed by atoms with Crippen LogP contribution >= 0.6 is 0 Å². The Kier molecular flexibility index (Phi) is 3.62. The Morgan fingerprint density at radius 3 is 2.58 bits per heavy atom. The molecule has 0 unspecified atom stereocenters. The number of halogens is 1. The molecule has 1 N–H and O–H groups in total. The van der Waals surface area contributed by atoms with Gasteiger partial charge in [-0.05, 0) is 31.4 Å². The molecule has 0 heterocycles. The van der Waals surface area contributed by atoms with Crippen molar-refractivity contribution < 1.29 is 22.7 Å². The number of carbonyl (C=O) groups is 1. The van der Waals surface area contributed by atoms with Gasteiger partial charge in [0.1, 0.15) is 5.82 Å². The third kappa shape index (κ3) is 3.12. The molecule has 104 valence electrons. The summed E-state index contributed by atoms with van der Waals surface area (Å²) in [6, 6.07) is 1.89. The third-order valence-corrected chi connectivity index (χ3v) is 5.24. The Labute approximate surface area is 111 Å². The summed E-state index contributed by atoms with van der Waals surface area (Å²) in [5.74, 6) is -1.74. The summed E-state index contributed by atoms with van der Waals surface area (Å²) >= 11 is 0. The van der Waals surface area contributed by atoms with Gasteiger partial charge in [0.2, 0.25) is 0 Å². The molecule has 0 spiro atoms. The van der Waals surface area contributed by atoms with Gasteiger partial charge in [0, 0.05) is 5.56 Å². The van der Waals surface area contributed by atoms with Gasteiger partial charge in [-0.2, -0.15) is 0 Å². The molecular weight excluding hydrogens is 271 g/mol. The van der Waals surface area contributed by atoms with Gasteiger partial charge in [0.15, 0.2) is 9.84 Å². The monoisotopic (exact) mass is 286 g/mol. The topological polar surface area (TPSA) is 71.4 Å². The first-order valence-corrected chi connectivity index (χ1v) is 7.72. The van der Waals surface area contributed by atoms with Crippen molar-refractivity contribution in [3.05, 3.63) is 29.1 Å². The lowest BCUT2D eigenvalue weighted by Gasteiger charge is -2.09. The molecule has 0 bridgehead atoms. The molecule has 19 heavy (non-hydrogen) atoms. The number of aromatic carboxylic acids is 1. The quantitative estimate of drug-likeness (QED) is 0.902. The number of hydrogen-bond acceptors (Lipinski definition) is 3. The number of carboxylic acid groups (broad SMARTS) is 1. The van der Waals surface area contributed by atoms with Crippen LogP contribution in [0, 0.1) is 18.7 Å². The van der Waals surface area contributed by atoms with Crippen LogP contribution in [-0.2, 0) is 9.84 Å². The standard InChI is InChI=1S/C13H15FO4S/c1-8-11(14)6-10(13(15)16)7-12(8)19(17,18)5-4-9-2-3-9/h6-7,9H,2-5H2,1H3,(H,15,16). The van der Waals surface area contributed by atoms with E-state index in [0.29, 0.717) is 12.3 Å². The molecular formula is C13H15FO4S. The number of carboxylic acids is 1. The summed E-state index contributed by atoms with van der Waals surface area (Å²) < 4.78 is 37.9. The summed E-state index contributed by atoms with van der Waals surface area (Å²) in [6.45, 7) is 1.35. The fraction of sp³-hybridized carbons (Fsp3) is 0.462. The zero-order valence-corrected chi connectivity index (χ0v) is 11.3. The Bertz CT molecular complexity index is 618. The van der Waals surface area contributed by atoms with E-state index in [2.05, 4.69) is 0 Å². The van der Waals surface area contributed by atoms with Crippen LogP contribution in [0.4, 0.5) is 4.39 Å². The van der Waals surface area contributed by atoms with Crippen molar-refractivity contribution in [1.82, 2.24) is 0 Å². The van der Waals surface area contributed by atoms with Crippen molar-refractivity contribution in [2.75, 3.05) is 5.75 Å². The lowest BCUT2D eigenvalue weighted by atomic mass is 10.1. The van der Waals surface area contributed by atoms with Crippen molar-refractivity contribution in [3.8, 4) is 0 Å². The maximum absolute atomic E-state index is 13.6. The average Bonchev–Trinajstić information content (AvgIpc) is 3.13. The number of sulfone groups is 1. The van der Waals surface area contributed by atoms with E-state index in [0.717, 1.165) is 25.0 Å². The molecule has 6 heteroatoms. The zero-order valence-electron chi connectivity index (χ0n) is 10.5. The maximum Gasteiger partial charge on any atom is 0.335 e. The molecule has 0 amide bonds. The van der Waals surface area contributed by atoms with E-state index < -0.39 is 21.6 Å². The van der Waals surface area contributed by atoms with Crippen LogP contribution < -0.4 is 0 Å². The first-order valence-electron chi connectivity index (χ1n) is 6.07. The van der Waals surface area contributed by atoms with Crippen molar-refractivity contribution in [3.63, 3.8) is 0 Å². The second kappa shape index (κ2) is 4.92. The van der Waals surface area contributed by atoms with Crippen LogP contribution in [0.15, 0.2) is 17.0 Å². The van der Waals surface area contributed by atoms with Crippen molar-refractivity contribution >= 4 is 15.8 Å². The first kappa shape index (κ1) is 14.0. The van der Waals surface area contributed by atoms with E-state index in [1.54, 1.807) is 0 Å². The van der Waals surface area contributed by atoms with E-state index in [9.17, 15) is 17.6 Å². The molecule has 0 radical (unpaired) electrons. The van der Waals surface area contributed by atoms with Gasteiger partial charge >= 0.3 is 5.97 Å². The van der Waals surface area contributed by atoms with Crippen LogP contribution in [0.1, 0.15) is 35.2 Å². The highest BCUT2D eigenvalue weighted by Crippen LogP contribution is 2.33. The third-order valence-electron chi connectivity index (χ3n) is 3.37. The van der Waals surface area contributed by atoms with E-state index in [-0.39, 0.29) is 21.8 Å². The Balaban J connectivity index is 2.38. The van der Waals surface area contributed by atoms with Gasteiger partial charge in [0.05, 0.1) is 16.2 Å². The largest absolute Gasteiger partial charge is 0.478 e. The number of benzene rings is 1. The van der Waals surface area contributed by atoms with E-state index >= 15 is 0 Å². The highest BCUT2D eigenvalue weighted by molar-refractivity contribution is 7.91. The highest BCUT2D eigenvalue weighted by atomic mass is 32.2. The van der Waals surface area contributed by atoms with Gasteiger partial charge < -0.3 is 5.11 Å². The normalized spacial score (nSPS) is 15.5. The fourth-order valence-corrected chi connectivity index (χ4v) is 3.67. The lowest BCUT2D eigenvalue weighted by molar-refractivity contribution is 0.0696. The van der Waals surface area contributed by atoms with Crippen molar-refractivity contribution in [2.45, 2.75) is 31.1 Å². The highest BCUT2D eigenvalue weighted by Gasteiger charge is 2.27. The summed E-state index contributed by atoms with van der Waals surface area (Å²) in [6.07, 6.45) is 2.64. The van der Waals surface area contributed by atoms with Crippen molar-refractivity contribution in [1.29, 1.82) is 0 Å². The average molecular weight is 286 g/mol. The van der Waals surface area contributed by atoms with E-state index in [1.807, 2.05) is 0 Å². The van der Waals surface area contributed by atoms with Crippen LogP contribution in [-0.4, -0.2) is 25.2 Å². The van der Waals surface area contributed by atoms with Crippen LogP contribution in [0.3, 0.4) is 0 Å². The summed E-state index contributed by atoms with van der Waals surface area (Å²) in [5, 5.41) is 8.86. The number of hydrogen-bond donors (Lipinski definition) is 1. The summed E-state index contributed by atoms with van der Waals surface area (Å²) in [7, 11) is -3.63. The van der Waals surface area contributed by atoms with Gasteiger partial charge in [0.25, 0.3) is 0 Å². The SMILES string of the molecule is Cc1c(F)cc(C(=O)O)cc1S(=O)(=O)CCC1CC1. The maximum atomic E-state index is 13.6. The summed E-state index contributed by atoms with van der Waals surface area (Å²) in [4.78, 5) is 10.7. The molecule has 1 aliphatic rings. The molecule has 0 aromatic heterocycles. The first-order chi connectivity index (χ1) is 8.81. The number of rotatable bonds is 5. The minimum atomic E-state index is -3.63. The predicted molar refractivity (Wildman–Crippen MR) is 67.5 cm³/mol. The molecule has 0 atom stereocenters. The van der Waals surface area contributed by atoms with Gasteiger partial charge in [-0.15, -0.1) is 0 Å². The Morgan fingerprint density at radius 1 is 1.42 bits per heavy atom. The van der Waals surface area contributed by atoms with Crippen LogP contribution in [0.2, 0.25) is 0 Å². The van der Waals surface area contributed by atoms with E-state index in [4.69, 9.17) is 5.11 Å². The molecule has 1 aromatic carbocycles. The second-order valence-corrected chi connectivity index (χ2v) is 7.01. The van der Waals surface area contributed by atoms with Crippen LogP contribution in [0.5, 0.6) is 0 Å². The molecule has 1 aromatic rings. The predicted octanol–water partition coefficient (Wildman–Crippen LogP) is 2.41. The van der Waals surface area contributed by atoms with Gasteiger partial charge in [-0.25, -0.2) is 17.6 Å². The molecule has 4 nitrogen and oxygen atoms in total. The molecule has 0 aliphatic heterocycles.